The third kappa shape index (κ3) is 4.97. The van der Waals surface area contributed by atoms with Crippen molar-refractivity contribution in [3.63, 3.8) is 0 Å². The number of rotatable bonds is 2. The van der Waals surface area contributed by atoms with Gasteiger partial charge < -0.3 is 15.1 Å². The molecule has 3 amide bonds. The number of nitrogens with zero attached hydrogens (tertiary/aromatic N) is 2. The molecular formula is C20H31N3O2. The zero-order chi connectivity index (χ0) is 18.6. The molecule has 0 spiro atoms. The number of hydrogen-bond donors (Lipinski definition) is 1. The Kier molecular flexibility index (Phi) is 6.09. The van der Waals surface area contributed by atoms with Crippen LogP contribution in [0, 0.1) is 12.3 Å². The van der Waals surface area contributed by atoms with Crippen molar-refractivity contribution >= 4 is 11.9 Å². The monoisotopic (exact) mass is 345 g/mol. The van der Waals surface area contributed by atoms with Crippen LogP contribution in [-0.4, -0.2) is 47.9 Å². The maximum absolute atomic E-state index is 12.9. The standard InChI is InChI=1S/C20H31N3O2/c1-15-9-6-7-10-17(15)18(20(3,4)5)21-19(25)23-12-8-11-22(13-14-23)16(2)24/h6-7,9-10,18H,8,11-14H2,1-5H3,(H,21,25)/t18-/m1/s1. The van der Waals surface area contributed by atoms with Gasteiger partial charge in [0.1, 0.15) is 0 Å². The van der Waals surface area contributed by atoms with E-state index in [0.717, 1.165) is 18.5 Å². The molecule has 1 aliphatic rings. The maximum atomic E-state index is 12.9. The third-order valence-electron chi connectivity index (χ3n) is 4.86. The number of amides is 3. The van der Waals surface area contributed by atoms with Gasteiger partial charge in [-0.05, 0) is 29.9 Å². The number of hydrogen-bond acceptors (Lipinski definition) is 2. The summed E-state index contributed by atoms with van der Waals surface area (Å²) in [6.45, 7) is 12.7. The minimum Gasteiger partial charge on any atom is -0.341 e. The smallest absolute Gasteiger partial charge is 0.317 e. The molecule has 1 saturated heterocycles. The fourth-order valence-corrected chi connectivity index (χ4v) is 3.32. The van der Waals surface area contributed by atoms with Gasteiger partial charge in [0.25, 0.3) is 0 Å². The molecular weight excluding hydrogens is 314 g/mol. The van der Waals surface area contributed by atoms with E-state index in [-0.39, 0.29) is 23.4 Å². The molecule has 5 nitrogen and oxygen atoms in total. The molecule has 0 radical (unpaired) electrons. The summed E-state index contributed by atoms with van der Waals surface area (Å²) in [6, 6.07) is 8.10. The lowest BCUT2D eigenvalue weighted by atomic mass is 9.81. The van der Waals surface area contributed by atoms with E-state index in [0.29, 0.717) is 19.6 Å². The fourth-order valence-electron chi connectivity index (χ4n) is 3.32. The van der Waals surface area contributed by atoms with Crippen LogP contribution in [-0.2, 0) is 4.79 Å². The van der Waals surface area contributed by atoms with Crippen molar-refractivity contribution in [2.45, 2.75) is 47.1 Å². The van der Waals surface area contributed by atoms with Crippen molar-refractivity contribution in [2.24, 2.45) is 5.41 Å². The number of urea groups is 1. The molecule has 0 aliphatic carbocycles. The summed E-state index contributed by atoms with van der Waals surface area (Å²) in [7, 11) is 0. The van der Waals surface area contributed by atoms with E-state index < -0.39 is 0 Å². The third-order valence-corrected chi connectivity index (χ3v) is 4.86. The number of nitrogens with one attached hydrogen (secondary N) is 1. The average Bonchev–Trinajstić information content (AvgIpc) is 2.78. The zero-order valence-corrected chi connectivity index (χ0v) is 16.1. The Labute approximate surface area is 151 Å². The van der Waals surface area contributed by atoms with Gasteiger partial charge in [0.2, 0.25) is 5.91 Å². The SMILES string of the molecule is CC(=O)N1CCCN(C(=O)N[C@H](c2ccccc2C)C(C)(C)C)CC1. The Balaban J connectivity index is 2.12. The summed E-state index contributed by atoms with van der Waals surface area (Å²) in [6.07, 6.45) is 0.817. The average molecular weight is 345 g/mol. The van der Waals surface area contributed by atoms with Crippen LogP contribution in [0.4, 0.5) is 4.79 Å². The van der Waals surface area contributed by atoms with Gasteiger partial charge >= 0.3 is 6.03 Å². The van der Waals surface area contributed by atoms with Crippen molar-refractivity contribution in [3.8, 4) is 0 Å². The van der Waals surface area contributed by atoms with Crippen molar-refractivity contribution in [3.05, 3.63) is 35.4 Å². The van der Waals surface area contributed by atoms with E-state index in [2.05, 4.69) is 45.1 Å². The van der Waals surface area contributed by atoms with Crippen LogP contribution < -0.4 is 5.32 Å². The second-order valence-electron chi connectivity index (χ2n) is 7.95. The van der Waals surface area contributed by atoms with E-state index in [4.69, 9.17) is 0 Å². The topological polar surface area (TPSA) is 52.7 Å². The van der Waals surface area contributed by atoms with Crippen LogP contribution in [0.3, 0.4) is 0 Å². The highest BCUT2D eigenvalue weighted by Gasteiger charge is 2.31. The minimum absolute atomic E-state index is 0.0476. The molecule has 0 saturated carbocycles. The lowest BCUT2D eigenvalue weighted by molar-refractivity contribution is -0.128. The van der Waals surface area contributed by atoms with Crippen molar-refractivity contribution in [1.82, 2.24) is 15.1 Å². The normalized spacial score (nSPS) is 17.0. The first kappa shape index (κ1) is 19.3. The fraction of sp³-hybridized carbons (Fsp3) is 0.600. The van der Waals surface area contributed by atoms with Crippen LogP contribution >= 0.6 is 0 Å². The molecule has 1 aromatic carbocycles. The summed E-state index contributed by atoms with van der Waals surface area (Å²) in [5.41, 5.74) is 2.24. The number of aryl methyl sites for hydroxylation is 1. The molecule has 138 valence electrons. The Bertz CT molecular complexity index is 622. The van der Waals surface area contributed by atoms with Gasteiger partial charge in [-0.2, -0.15) is 0 Å². The summed E-state index contributed by atoms with van der Waals surface area (Å²) >= 11 is 0. The van der Waals surface area contributed by atoms with Gasteiger partial charge in [-0.1, -0.05) is 45.0 Å². The van der Waals surface area contributed by atoms with Crippen molar-refractivity contribution in [2.75, 3.05) is 26.2 Å². The summed E-state index contributed by atoms with van der Waals surface area (Å²) < 4.78 is 0. The lowest BCUT2D eigenvalue weighted by Crippen LogP contribution is -2.46. The molecule has 0 unspecified atom stereocenters. The van der Waals surface area contributed by atoms with Gasteiger partial charge in [0.15, 0.2) is 0 Å². The zero-order valence-electron chi connectivity index (χ0n) is 16.1. The maximum Gasteiger partial charge on any atom is 0.317 e. The van der Waals surface area contributed by atoms with Crippen molar-refractivity contribution < 1.29 is 9.59 Å². The highest BCUT2D eigenvalue weighted by molar-refractivity contribution is 5.76. The molecule has 5 heteroatoms. The first-order valence-corrected chi connectivity index (χ1v) is 9.06. The number of carbonyl (C=O) groups is 2. The van der Waals surface area contributed by atoms with Gasteiger partial charge in [-0.25, -0.2) is 4.79 Å². The largest absolute Gasteiger partial charge is 0.341 e. The van der Waals surface area contributed by atoms with E-state index in [9.17, 15) is 9.59 Å². The van der Waals surface area contributed by atoms with Crippen molar-refractivity contribution in [1.29, 1.82) is 0 Å². The predicted molar refractivity (Wildman–Crippen MR) is 100 cm³/mol. The Morgan fingerprint density at radius 3 is 2.24 bits per heavy atom. The summed E-state index contributed by atoms with van der Waals surface area (Å²) in [4.78, 5) is 28.1. The Hall–Kier alpha value is -2.04. The predicted octanol–water partition coefficient (Wildman–Crippen LogP) is 3.35. The first-order valence-electron chi connectivity index (χ1n) is 9.06. The van der Waals surface area contributed by atoms with Gasteiger partial charge in [-0.3, -0.25) is 4.79 Å². The molecule has 0 aromatic heterocycles. The molecule has 2 rings (SSSR count). The van der Waals surface area contributed by atoms with Gasteiger partial charge in [0, 0.05) is 33.1 Å². The molecule has 25 heavy (non-hydrogen) atoms. The van der Waals surface area contributed by atoms with E-state index in [1.165, 1.54) is 5.56 Å². The molecule has 1 aromatic rings. The molecule has 1 atom stereocenters. The minimum atomic E-state index is -0.0982. The quantitative estimate of drug-likeness (QED) is 0.894. The Morgan fingerprint density at radius 2 is 1.64 bits per heavy atom. The summed E-state index contributed by atoms with van der Waals surface area (Å²) in [5.74, 6) is 0.0785. The van der Waals surface area contributed by atoms with Crippen LogP contribution in [0.2, 0.25) is 0 Å². The molecule has 0 bridgehead atoms. The van der Waals surface area contributed by atoms with Gasteiger partial charge in [0.05, 0.1) is 6.04 Å². The van der Waals surface area contributed by atoms with Gasteiger partial charge in [-0.15, -0.1) is 0 Å². The van der Waals surface area contributed by atoms with Crippen LogP contribution in [0.1, 0.15) is 51.3 Å². The highest BCUT2D eigenvalue weighted by atomic mass is 16.2. The van der Waals surface area contributed by atoms with E-state index in [1.54, 1.807) is 6.92 Å². The number of benzene rings is 1. The Morgan fingerprint density at radius 1 is 1.04 bits per heavy atom. The molecule has 1 heterocycles. The second kappa shape index (κ2) is 7.89. The molecule has 1 N–H and O–H groups in total. The molecule has 1 aliphatic heterocycles. The number of carbonyl (C=O) groups excluding carboxylic acids is 2. The van der Waals surface area contributed by atoms with E-state index in [1.807, 2.05) is 21.9 Å². The van der Waals surface area contributed by atoms with E-state index >= 15 is 0 Å². The second-order valence-corrected chi connectivity index (χ2v) is 7.95. The lowest BCUT2D eigenvalue weighted by Gasteiger charge is -2.35. The molecule has 1 fully saturated rings. The van der Waals surface area contributed by atoms with Crippen LogP contribution in [0.25, 0.3) is 0 Å². The first-order chi connectivity index (χ1) is 11.7. The highest BCUT2D eigenvalue weighted by Crippen LogP contribution is 2.34. The van der Waals surface area contributed by atoms with Crippen LogP contribution in [0.15, 0.2) is 24.3 Å². The summed E-state index contributed by atoms with van der Waals surface area (Å²) in [5, 5.41) is 3.24. The van der Waals surface area contributed by atoms with Crippen LogP contribution in [0.5, 0.6) is 0 Å².